The number of hydrogen-bond acceptors (Lipinski definition) is 3. The monoisotopic (exact) mass is 170 g/mol. The van der Waals surface area contributed by atoms with Crippen LogP contribution in [0.15, 0.2) is 0 Å². The van der Waals surface area contributed by atoms with Crippen LogP contribution in [0, 0.1) is 0 Å². The molecular weight excluding hydrogens is 156 g/mol. The van der Waals surface area contributed by atoms with Gasteiger partial charge in [-0.1, -0.05) is 0 Å². The van der Waals surface area contributed by atoms with Gasteiger partial charge in [0.05, 0.1) is 0 Å². The van der Waals surface area contributed by atoms with Crippen molar-refractivity contribution in [2.24, 2.45) is 0 Å². The zero-order chi connectivity index (χ0) is 8.72. The predicted octanol–water partition coefficient (Wildman–Crippen LogP) is -0.494. The van der Waals surface area contributed by atoms with Crippen molar-refractivity contribution in [3.63, 3.8) is 0 Å². The third-order valence-corrected chi connectivity index (χ3v) is 2.86. The standard InChI is InChI=1S/C8H14N2O2/c1-5(8(11)12)10-3-6-2-7(4-10)9-6/h5-7,9H,2-4H2,1H3,(H,11,12). The van der Waals surface area contributed by atoms with Crippen molar-refractivity contribution in [1.82, 2.24) is 10.2 Å². The molecule has 68 valence electrons. The summed E-state index contributed by atoms with van der Waals surface area (Å²) in [6, 6.07) is 0.772. The van der Waals surface area contributed by atoms with Gasteiger partial charge in [-0.15, -0.1) is 0 Å². The van der Waals surface area contributed by atoms with E-state index in [1.807, 2.05) is 4.90 Å². The van der Waals surface area contributed by atoms with E-state index < -0.39 is 5.97 Å². The van der Waals surface area contributed by atoms with Crippen molar-refractivity contribution >= 4 is 5.97 Å². The van der Waals surface area contributed by atoms with Gasteiger partial charge in [0.1, 0.15) is 6.04 Å². The third-order valence-electron chi connectivity index (χ3n) is 2.86. The van der Waals surface area contributed by atoms with E-state index in [9.17, 15) is 4.79 Å². The Morgan fingerprint density at radius 3 is 2.50 bits per heavy atom. The molecule has 3 aliphatic heterocycles. The Labute approximate surface area is 71.5 Å². The molecule has 3 saturated heterocycles. The number of piperazine rings is 1. The van der Waals surface area contributed by atoms with E-state index in [1.165, 1.54) is 6.42 Å². The molecule has 0 saturated carbocycles. The second-order valence-electron chi connectivity index (χ2n) is 3.76. The van der Waals surface area contributed by atoms with E-state index in [1.54, 1.807) is 6.92 Å². The Morgan fingerprint density at radius 2 is 2.08 bits per heavy atom. The molecule has 0 radical (unpaired) electrons. The number of hydrogen-bond donors (Lipinski definition) is 2. The van der Waals surface area contributed by atoms with Gasteiger partial charge in [0, 0.05) is 25.2 Å². The van der Waals surface area contributed by atoms with Crippen LogP contribution in [-0.2, 0) is 4.79 Å². The Kier molecular flexibility index (Phi) is 1.81. The fraction of sp³-hybridized carbons (Fsp3) is 0.875. The van der Waals surface area contributed by atoms with E-state index in [0.29, 0.717) is 12.1 Å². The van der Waals surface area contributed by atoms with Crippen LogP contribution in [0.25, 0.3) is 0 Å². The van der Waals surface area contributed by atoms with E-state index in [0.717, 1.165) is 13.1 Å². The summed E-state index contributed by atoms with van der Waals surface area (Å²) >= 11 is 0. The maximum atomic E-state index is 10.7. The number of fused-ring (bicyclic) bond motifs is 2. The van der Waals surface area contributed by atoms with E-state index >= 15 is 0 Å². The highest BCUT2D eigenvalue weighted by Crippen LogP contribution is 2.22. The van der Waals surface area contributed by atoms with Crippen molar-refractivity contribution < 1.29 is 9.90 Å². The van der Waals surface area contributed by atoms with Crippen LogP contribution >= 0.6 is 0 Å². The maximum Gasteiger partial charge on any atom is 0.320 e. The molecule has 3 aliphatic rings. The minimum Gasteiger partial charge on any atom is -0.480 e. The first-order valence-electron chi connectivity index (χ1n) is 4.39. The highest BCUT2D eigenvalue weighted by molar-refractivity contribution is 5.72. The second kappa shape index (κ2) is 2.71. The summed E-state index contributed by atoms with van der Waals surface area (Å²) in [6.45, 7) is 3.54. The number of carboxylic acid groups (broad SMARTS) is 1. The molecule has 4 heteroatoms. The molecule has 0 aromatic heterocycles. The summed E-state index contributed by atoms with van der Waals surface area (Å²) in [5.41, 5.74) is 0. The number of rotatable bonds is 2. The summed E-state index contributed by atoms with van der Waals surface area (Å²) in [4.78, 5) is 12.7. The second-order valence-corrected chi connectivity index (χ2v) is 3.76. The van der Waals surface area contributed by atoms with E-state index in [-0.39, 0.29) is 6.04 Å². The Bertz CT molecular complexity index is 191. The zero-order valence-electron chi connectivity index (χ0n) is 7.16. The number of aliphatic carboxylic acids is 1. The van der Waals surface area contributed by atoms with Crippen molar-refractivity contribution in [2.45, 2.75) is 31.5 Å². The molecule has 3 heterocycles. The Balaban J connectivity index is 1.93. The van der Waals surface area contributed by atoms with E-state index in [2.05, 4.69) is 5.32 Å². The zero-order valence-corrected chi connectivity index (χ0v) is 7.16. The van der Waals surface area contributed by atoms with Crippen LogP contribution in [0.2, 0.25) is 0 Å². The molecule has 0 amide bonds. The number of carbonyl (C=O) groups is 1. The van der Waals surface area contributed by atoms with Gasteiger partial charge in [-0.25, -0.2) is 0 Å². The van der Waals surface area contributed by atoms with Gasteiger partial charge in [0.25, 0.3) is 0 Å². The van der Waals surface area contributed by atoms with Gasteiger partial charge < -0.3 is 10.4 Å². The molecule has 0 aromatic rings. The van der Waals surface area contributed by atoms with Crippen molar-refractivity contribution in [1.29, 1.82) is 0 Å². The molecular formula is C8H14N2O2. The molecule has 2 bridgehead atoms. The van der Waals surface area contributed by atoms with Crippen LogP contribution in [-0.4, -0.2) is 47.2 Å². The smallest absolute Gasteiger partial charge is 0.320 e. The van der Waals surface area contributed by atoms with Gasteiger partial charge in [-0.05, 0) is 13.3 Å². The quantitative estimate of drug-likeness (QED) is 0.587. The lowest BCUT2D eigenvalue weighted by molar-refractivity contribution is -0.144. The average molecular weight is 170 g/mol. The highest BCUT2D eigenvalue weighted by atomic mass is 16.4. The topological polar surface area (TPSA) is 52.6 Å². The molecule has 0 spiro atoms. The van der Waals surface area contributed by atoms with Gasteiger partial charge in [0.15, 0.2) is 0 Å². The van der Waals surface area contributed by atoms with Crippen molar-refractivity contribution in [3.8, 4) is 0 Å². The number of carboxylic acids is 1. The van der Waals surface area contributed by atoms with Crippen LogP contribution in [0.3, 0.4) is 0 Å². The number of nitrogens with one attached hydrogen (secondary N) is 1. The van der Waals surface area contributed by atoms with Gasteiger partial charge >= 0.3 is 5.97 Å². The Hall–Kier alpha value is -0.610. The van der Waals surface area contributed by atoms with Gasteiger partial charge in [0.2, 0.25) is 0 Å². The summed E-state index contributed by atoms with van der Waals surface area (Å²) in [7, 11) is 0. The summed E-state index contributed by atoms with van der Waals surface area (Å²) in [5, 5.41) is 12.1. The third kappa shape index (κ3) is 1.21. The molecule has 0 aliphatic carbocycles. The molecule has 0 aromatic carbocycles. The van der Waals surface area contributed by atoms with E-state index in [4.69, 9.17) is 5.11 Å². The minimum atomic E-state index is -0.712. The van der Waals surface area contributed by atoms with Gasteiger partial charge in [-0.3, -0.25) is 9.69 Å². The Morgan fingerprint density at radius 1 is 1.58 bits per heavy atom. The predicted molar refractivity (Wildman–Crippen MR) is 44.0 cm³/mol. The van der Waals surface area contributed by atoms with Crippen LogP contribution in [0.4, 0.5) is 0 Å². The fourth-order valence-corrected chi connectivity index (χ4v) is 2.02. The molecule has 3 unspecified atom stereocenters. The molecule has 12 heavy (non-hydrogen) atoms. The van der Waals surface area contributed by atoms with Crippen LogP contribution < -0.4 is 5.32 Å². The summed E-state index contributed by atoms with van der Waals surface area (Å²) in [5.74, 6) is -0.712. The van der Waals surface area contributed by atoms with Crippen LogP contribution in [0.1, 0.15) is 13.3 Å². The molecule has 2 N–H and O–H groups in total. The molecule has 3 rings (SSSR count). The van der Waals surface area contributed by atoms with Crippen molar-refractivity contribution in [2.75, 3.05) is 13.1 Å². The molecule has 4 nitrogen and oxygen atoms in total. The first kappa shape index (κ1) is 8.01. The average Bonchev–Trinajstić information content (AvgIpc) is 2.02. The fourth-order valence-electron chi connectivity index (χ4n) is 2.02. The molecule has 3 fully saturated rings. The lowest BCUT2D eigenvalue weighted by Gasteiger charge is -2.49. The number of nitrogens with zero attached hydrogens (tertiary/aromatic N) is 1. The highest BCUT2D eigenvalue weighted by Gasteiger charge is 2.39. The lowest BCUT2D eigenvalue weighted by Crippen LogP contribution is -2.68. The SMILES string of the molecule is CC(C(=O)O)N1CC2CC(C1)N2. The van der Waals surface area contributed by atoms with Gasteiger partial charge in [-0.2, -0.15) is 0 Å². The largest absolute Gasteiger partial charge is 0.480 e. The molecule has 3 atom stereocenters. The van der Waals surface area contributed by atoms with Crippen molar-refractivity contribution in [3.05, 3.63) is 0 Å². The first-order valence-corrected chi connectivity index (χ1v) is 4.39. The summed E-state index contributed by atoms with van der Waals surface area (Å²) < 4.78 is 0. The number of piperidine rings is 1. The maximum absolute atomic E-state index is 10.7. The van der Waals surface area contributed by atoms with Crippen LogP contribution in [0.5, 0.6) is 0 Å². The lowest BCUT2D eigenvalue weighted by atomic mass is 9.90. The first-order chi connectivity index (χ1) is 5.66. The minimum absolute atomic E-state index is 0.322. The normalized spacial score (nSPS) is 37.1. The summed E-state index contributed by atoms with van der Waals surface area (Å²) in [6.07, 6.45) is 1.23.